The van der Waals surface area contributed by atoms with Crippen molar-refractivity contribution in [3.8, 4) is 11.3 Å². The van der Waals surface area contributed by atoms with Crippen LogP contribution in [-0.2, 0) is 0 Å². The molecule has 1 fully saturated rings. The van der Waals surface area contributed by atoms with E-state index in [9.17, 15) is 4.79 Å². The third kappa shape index (κ3) is 3.33. The van der Waals surface area contributed by atoms with E-state index in [2.05, 4.69) is 33.3 Å². The number of H-pyrrole nitrogens is 1. The van der Waals surface area contributed by atoms with E-state index >= 15 is 0 Å². The van der Waals surface area contributed by atoms with Gasteiger partial charge in [-0.1, -0.05) is 48.0 Å². The summed E-state index contributed by atoms with van der Waals surface area (Å²) in [4.78, 5) is 16.8. The number of hydrogen-bond donors (Lipinski definition) is 1. The second-order valence-corrected chi connectivity index (χ2v) is 6.65. The average molecular weight is 346 g/mol. The Hall–Kier alpha value is -3.08. The molecule has 4 rings (SSSR count). The molecule has 0 radical (unpaired) electrons. The predicted molar refractivity (Wildman–Crippen MR) is 103 cm³/mol. The highest BCUT2D eigenvalue weighted by atomic mass is 16.2. The van der Waals surface area contributed by atoms with Gasteiger partial charge >= 0.3 is 0 Å². The van der Waals surface area contributed by atoms with Gasteiger partial charge in [-0.3, -0.25) is 9.89 Å². The number of carbonyl (C=O) groups is 1. The van der Waals surface area contributed by atoms with Gasteiger partial charge < -0.3 is 9.80 Å². The number of nitrogens with zero attached hydrogens (tertiary/aromatic N) is 3. The first kappa shape index (κ1) is 16.4. The molecule has 1 aliphatic rings. The van der Waals surface area contributed by atoms with Crippen LogP contribution in [0.1, 0.15) is 15.9 Å². The standard InChI is InChI=1S/C21H22N4O/c1-16-6-5-9-18(14-16)21(26)25-12-10-24(11-13-25)20-15-19(22-23-20)17-7-3-2-4-8-17/h2-9,14-15H,10-13H2,1H3,(H,22,23). The number of hydrogen-bond acceptors (Lipinski definition) is 3. The quantitative estimate of drug-likeness (QED) is 0.791. The second kappa shape index (κ2) is 7.04. The fraction of sp³-hybridized carbons (Fsp3) is 0.238. The fourth-order valence-electron chi connectivity index (χ4n) is 3.34. The first-order valence-corrected chi connectivity index (χ1v) is 8.92. The molecule has 0 unspecified atom stereocenters. The molecule has 1 amide bonds. The number of aromatic amines is 1. The van der Waals surface area contributed by atoms with Gasteiger partial charge in [-0.2, -0.15) is 5.10 Å². The van der Waals surface area contributed by atoms with Crippen LogP contribution in [0.5, 0.6) is 0 Å². The number of anilines is 1. The minimum absolute atomic E-state index is 0.111. The van der Waals surface area contributed by atoms with Gasteiger partial charge in [-0.15, -0.1) is 0 Å². The molecule has 26 heavy (non-hydrogen) atoms. The zero-order valence-electron chi connectivity index (χ0n) is 14.9. The number of aromatic nitrogens is 2. The molecule has 0 saturated carbocycles. The Morgan fingerprint density at radius 1 is 0.962 bits per heavy atom. The Bertz CT molecular complexity index is 895. The summed E-state index contributed by atoms with van der Waals surface area (Å²) in [5.41, 5.74) is 4.02. The van der Waals surface area contributed by atoms with Gasteiger partial charge in [-0.05, 0) is 24.6 Å². The third-order valence-corrected chi connectivity index (χ3v) is 4.81. The van der Waals surface area contributed by atoms with Crippen molar-refractivity contribution in [1.29, 1.82) is 0 Å². The largest absolute Gasteiger partial charge is 0.352 e. The zero-order chi connectivity index (χ0) is 17.9. The molecular weight excluding hydrogens is 324 g/mol. The lowest BCUT2D eigenvalue weighted by Crippen LogP contribution is -2.49. The fourth-order valence-corrected chi connectivity index (χ4v) is 3.34. The number of aryl methyl sites for hydroxylation is 1. The number of nitrogens with one attached hydrogen (secondary N) is 1. The van der Waals surface area contributed by atoms with Gasteiger partial charge in [0.2, 0.25) is 0 Å². The summed E-state index contributed by atoms with van der Waals surface area (Å²) >= 11 is 0. The highest BCUT2D eigenvalue weighted by Crippen LogP contribution is 2.22. The predicted octanol–water partition coefficient (Wildman–Crippen LogP) is 3.35. The summed E-state index contributed by atoms with van der Waals surface area (Å²) in [6.07, 6.45) is 0. The maximum absolute atomic E-state index is 12.7. The molecule has 2 aromatic carbocycles. The van der Waals surface area contributed by atoms with Crippen molar-refractivity contribution in [3.63, 3.8) is 0 Å². The number of carbonyl (C=O) groups excluding carboxylic acids is 1. The molecule has 0 bridgehead atoms. The minimum atomic E-state index is 0.111. The molecule has 5 heteroatoms. The third-order valence-electron chi connectivity index (χ3n) is 4.81. The topological polar surface area (TPSA) is 52.2 Å². The smallest absolute Gasteiger partial charge is 0.253 e. The van der Waals surface area contributed by atoms with Gasteiger partial charge in [0.05, 0.1) is 5.69 Å². The van der Waals surface area contributed by atoms with Gasteiger partial charge in [0.25, 0.3) is 5.91 Å². The summed E-state index contributed by atoms with van der Waals surface area (Å²) in [6, 6.07) is 20.0. The van der Waals surface area contributed by atoms with E-state index in [1.54, 1.807) is 0 Å². The number of piperazine rings is 1. The van der Waals surface area contributed by atoms with E-state index in [1.807, 2.05) is 54.3 Å². The van der Waals surface area contributed by atoms with E-state index in [-0.39, 0.29) is 5.91 Å². The summed E-state index contributed by atoms with van der Waals surface area (Å²) in [7, 11) is 0. The van der Waals surface area contributed by atoms with Gasteiger partial charge in [0.15, 0.2) is 5.82 Å². The summed E-state index contributed by atoms with van der Waals surface area (Å²) < 4.78 is 0. The van der Waals surface area contributed by atoms with Crippen LogP contribution >= 0.6 is 0 Å². The van der Waals surface area contributed by atoms with Gasteiger partial charge in [-0.25, -0.2) is 0 Å². The second-order valence-electron chi connectivity index (χ2n) is 6.65. The zero-order valence-corrected chi connectivity index (χ0v) is 14.9. The van der Waals surface area contributed by atoms with Crippen LogP contribution in [0.15, 0.2) is 60.7 Å². The molecule has 1 saturated heterocycles. The molecule has 1 aliphatic heterocycles. The number of benzene rings is 2. The molecule has 1 aromatic heterocycles. The molecule has 0 aliphatic carbocycles. The van der Waals surface area contributed by atoms with Crippen molar-refractivity contribution in [2.45, 2.75) is 6.92 Å². The Morgan fingerprint density at radius 2 is 1.73 bits per heavy atom. The normalized spacial score (nSPS) is 14.5. The molecule has 132 valence electrons. The Kier molecular flexibility index (Phi) is 4.44. The van der Waals surface area contributed by atoms with Crippen molar-refractivity contribution in [3.05, 3.63) is 71.8 Å². The molecule has 5 nitrogen and oxygen atoms in total. The maximum Gasteiger partial charge on any atom is 0.253 e. The van der Waals surface area contributed by atoms with Crippen molar-refractivity contribution in [2.24, 2.45) is 0 Å². The Labute approximate surface area is 153 Å². The van der Waals surface area contributed by atoms with Crippen molar-refractivity contribution in [1.82, 2.24) is 15.1 Å². The molecule has 1 N–H and O–H groups in total. The first-order chi connectivity index (χ1) is 12.7. The molecule has 0 spiro atoms. The Morgan fingerprint density at radius 3 is 2.46 bits per heavy atom. The lowest BCUT2D eigenvalue weighted by atomic mass is 10.1. The lowest BCUT2D eigenvalue weighted by molar-refractivity contribution is 0.0746. The minimum Gasteiger partial charge on any atom is -0.352 e. The van der Waals surface area contributed by atoms with Crippen molar-refractivity contribution < 1.29 is 4.79 Å². The van der Waals surface area contributed by atoms with Crippen LogP contribution < -0.4 is 4.90 Å². The molecule has 3 aromatic rings. The van der Waals surface area contributed by atoms with Crippen LogP contribution in [0.2, 0.25) is 0 Å². The summed E-state index contributed by atoms with van der Waals surface area (Å²) in [5, 5.41) is 7.57. The maximum atomic E-state index is 12.7. The molecule has 0 atom stereocenters. The average Bonchev–Trinajstić information content (AvgIpc) is 3.18. The SMILES string of the molecule is Cc1cccc(C(=O)N2CCN(c3cc(-c4ccccc4)[nH]n3)CC2)c1. The highest BCUT2D eigenvalue weighted by molar-refractivity contribution is 5.94. The van der Waals surface area contributed by atoms with Crippen LogP contribution in [0.4, 0.5) is 5.82 Å². The first-order valence-electron chi connectivity index (χ1n) is 8.92. The van der Waals surface area contributed by atoms with E-state index in [0.29, 0.717) is 13.1 Å². The summed E-state index contributed by atoms with van der Waals surface area (Å²) in [5.74, 6) is 1.05. The lowest BCUT2D eigenvalue weighted by Gasteiger charge is -2.34. The number of rotatable bonds is 3. The molecule has 2 heterocycles. The van der Waals surface area contributed by atoms with E-state index in [1.165, 1.54) is 0 Å². The van der Waals surface area contributed by atoms with Gasteiger partial charge in [0, 0.05) is 37.8 Å². The van der Waals surface area contributed by atoms with E-state index < -0.39 is 0 Å². The Balaban J connectivity index is 1.41. The van der Waals surface area contributed by atoms with Crippen LogP contribution in [0.3, 0.4) is 0 Å². The van der Waals surface area contributed by atoms with Gasteiger partial charge in [0.1, 0.15) is 0 Å². The number of amides is 1. The highest BCUT2D eigenvalue weighted by Gasteiger charge is 2.23. The molecular formula is C21H22N4O. The summed E-state index contributed by atoms with van der Waals surface area (Å²) in [6.45, 7) is 5.00. The van der Waals surface area contributed by atoms with Crippen LogP contribution in [0.25, 0.3) is 11.3 Å². The van der Waals surface area contributed by atoms with Crippen LogP contribution in [-0.4, -0.2) is 47.2 Å². The van der Waals surface area contributed by atoms with E-state index in [4.69, 9.17) is 0 Å². The van der Waals surface area contributed by atoms with E-state index in [0.717, 1.165) is 41.3 Å². The van der Waals surface area contributed by atoms with Crippen molar-refractivity contribution >= 4 is 11.7 Å². The van der Waals surface area contributed by atoms with Crippen molar-refractivity contribution in [2.75, 3.05) is 31.1 Å². The monoisotopic (exact) mass is 346 g/mol. The van der Waals surface area contributed by atoms with Crippen LogP contribution in [0, 0.1) is 6.92 Å².